The van der Waals surface area contributed by atoms with E-state index < -0.39 is 0 Å². The molecule has 1 heteroatoms. The fourth-order valence-corrected chi connectivity index (χ4v) is 3.85. The molecule has 0 amide bonds. The van der Waals surface area contributed by atoms with Gasteiger partial charge < -0.3 is 4.57 Å². The number of para-hydroxylation sites is 1. The lowest BCUT2D eigenvalue weighted by molar-refractivity contribution is 1.10. The van der Waals surface area contributed by atoms with Crippen molar-refractivity contribution in [2.75, 3.05) is 0 Å². The average Bonchev–Trinajstić information content (AvgIpc) is 3.34. The molecule has 0 saturated heterocycles. The van der Waals surface area contributed by atoms with Gasteiger partial charge in [-0.2, -0.15) is 0 Å². The normalized spacial score (nSPS) is 9.14. The van der Waals surface area contributed by atoms with Crippen molar-refractivity contribution in [3.63, 3.8) is 0 Å². The summed E-state index contributed by atoms with van der Waals surface area (Å²) in [6, 6.07) is 40.6. The molecule has 0 N–H and O–H groups in total. The number of nitrogens with zero attached hydrogens (tertiary/aromatic N) is 1. The highest BCUT2D eigenvalue weighted by molar-refractivity contribution is 6.06. The molecule has 4 aromatic carbocycles. The van der Waals surface area contributed by atoms with Gasteiger partial charge in [-0.3, -0.25) is 0 Å². The molecule has 0 fully saturated rings. The van der Waals surface area contributed by atoms with Gasteiger partial charge in [-0.1, -0.05) is 159 Å². The minimum atomic E-state index is 1.17. The Balaban J connectivity index is 0.000000699. The molecular formula is C34H43N. The summed E-state index contributed by atoms with van der Waals surface area (Å²) in [5, 5.41) is 2.54. The maximum atomic E-state index is 2.40. The summed E-state index contributed by atoms with van der Waals surface area (Å²) in [6.07, 6.45) is 0. The molecule has 0 unspecified atom stereocenters. The molecule has 0 radical (unpaired) electrons. The van der Waals surface area contributed by atoms with Crippen LogP contribution >= 0.6 is 0 Å². The highest BCUT2D eigenvalue weighted by Gasteiger charge is 2.20. The highest BCUT2D eigenvalue weighted by Crippen LogP contribution is 2.41. The number of fused-ring (bicyclic) bond motifs is 1. The zero-order chi connectivity index (χ0) is 26.1. The molecule has 184 valence electrons. The van der Waals surface area contributed by atoms with Crippen LogP contribution in [0.4, 0.5) is 0 Å². The third-order valence-corrected chi connectivity index (χ3v) is 4.99. The van der Waals surface area contributed by atoms with Crippen LogP contribution < -0.4 is 0 Å². The van der Waals surface area contributed by atoms with E-state index in [0.29, 0.717) is 0 Å². The minimum absolute atomic E-state index is 1.17. The number of hydrogen-bond acceptors (Lipinski definition) is 0. The van der Waals surface area contributed by atoms with Crippen molar-refractivity contribution >= 4 is 10.8 Å². The maximum Gasteiger partial charge on any atom is 0.0613 e. The molecule has 0 aliphatic rings. The van der Waals surface area contributed by atoms with Crippen molar-refractivity contribution in [1.29, 1.82) is 0 Å². The Labute approximate surface area is 214 Å². The quantitative estimate of drug-likeness (QED) is 0.250. The van der Waals surface area contributed by atoms with Crippen LogP contribution in [0.3, 0.4) is 0 Å². The van der Waals surface area contributed by atoms with Crippen LogP contribution in [-0.4, -0.2) is 4.57 Å². The van der Waals surface area contributed by atoms with Gasteiger partial charge in [-0.15, -0.1) is 0 Å². The first kappa shape index (κ1) is 29.5. The molecule has 0 aliphatic carbocycles. The standard InChI is InChI=1S/C26H19N.4C2H6/c1-4-12-20(13-5-1)25-23-18-10-11-19-24(23)26(21-14-6-2-7-15-21)27(25)22-16-8-3-9-17-22;4*1-2/h1-19H;4*1-2H3. The first-order chi connectivity index (χ1) is 17.4. The van der Waals surface area contributed by atoms with Gasteiger partial charge in [0.25, 0.3) is 0 Å². The van der Waals surface area contributed by atoms with E-state index in [9.17, 15) is 0 Å². The zero-order valence-electron chi connectivity index (χ0n) is 22.9. The van der Waals surface area contributed by atoms with E-state index in [0.717, 1.165) is 0 Å². The first-order valence-corrected chi connectivity index (χ1v) is 13.2. The molecule has 0 saturated carbocycles. The van der Waals surface area contributed by atoms with Crippen LogP contribution in [0.2, 0.25) is 0 Å². The summed E-state index contributed by atoms with van der Waals surface area (Å²) < 4.78 is 2.40. The Bertz CT molecular complexity index is 1110. The predicted octanol–water partition coefficient (Wildman–Crippen LogP) is 11.1. The van der Waals surface area contributed by atoms with Crippen LogP contribution in [0, 0.1) is 0 Å². The van der Waals surface area contributed by atoms with Crippen LogP contribution in [0.15, 0.2) is 115 Å². The second-order valence-electron chi connectivity index (χ2n) is 6.65. The lowest BCUT2D eigenvalue weighted by Crippen LogP contribution is -1.99. The van der Waals surface area contributed by atoms with Crippen LogP contribution in [0.1, 0.15) is 55.4 Å². The summed E-state index contributed by atoms with van der Waals surface area (Å²) in [7, 11) is 0. The van der Waals surface area contributed by atoms with E-state index in [1.807, 2.05) is 55.4 Å². The lowest BCUT2D eigenvalue weighted by Gasteiger charge is -2.14. The third kappa shape index (κ3) is 6.96. The van der Waals surface area contributed by atoms with E-state index in [2.05, 4.69) is 120 Å². The Kier molecular flexibility index (Phi) is 14.3. The highest BCUT2D eigenvalue weighted by atomic mass is 15.0. The Hall–Kier alpha value is -3.58. The Morgan fingerprint density at radius 2 is 0.629 bits per heavy atom. The third-order valence-electron chi connectivity index (χ3n) is 4.99. The molecular weight excluding hydrogens is 422 g/mol. The van der Waals surface area contributed by atoms with Gasteiger partial charge in [-0.05, 0) is 23.3 Å². The summed E-state index contributed by atoms with van der Waals surface area (Å²) >= 11 is 0. The molecule has 1 aromatic heterocycles. The first-order valence-electron chi connectivity index (χ1n) is 13.2. The second-order valence-corrected chi connectivity index (χ2v) is 6.65. The number of aromatic nitrogens is 1. The maximum absolute atomic E-state index is 2.40. The van der Waals surface area contributed by atoms with Crippen molar-refractivity contribution < 1.29 is 0 Å². The van der Waals surface area contributed by atoms with Crippen LogP contribution in [0.25, 0.3) is 39.0 Å². The lowest BCUT2D eigenvalue weighted by atomic mass is 10.0. The van der Waals surface area contributed by atoms with E-state index in [1.165, 1.54) is 39.0 Å². The van der Waals surface area contributed by atoms with E-state index in [4.69, 9.17) is 0 Å². The van der Waals surface area contributed by atoms with Gasteiger partial charge in [0.05, 0.1) is 11.4 Å². The van der Waals surface area contributed by atoms with E-state index in [-0.39, 0.29) is 0 Å². The smallest absolute Gasteiger partial charge is 0.0613 e. The number of rotatable bonds is 3. The largest absolute Gasteiger partial charge is 0.308 e. The van der Waals surface area contributed by atoms with Crippen LogP contribution in [-0.2, 0) is 0 Å². The van der Waals surface area contributed by atoms with Gasteiger partial charge in [0.1, 0.15) is 0 Å². The molecule has 0 spiro atoms. The number of benzene rings is 4. The fourth-order valence-electron chi connectivity index (χ4n) is 3.85. The SMILES string of the molecule is CC.CC.CC.CC.c1ccc(-c2c3ccccc3c(-c3ccccc3)n2-c2ccccc2)cc1. The molecule has 5 rings (SSSR count). The van der Waals surface area contributed by atoms with Crippen molar-refractivity contribution in [3.8, 4) is 28.2 Å². The van der Waals surface area contributed by atoms with Crippen LogP contribution in [0.5, 0.6) is 0 Å². The molecule has 1 nitrogen and oxygen atoms in total. The van der Waals surface area contributed by atoms with Gasteiger partial charge in [0.15, 0.2) is 0 Å². The summed E-state index contributed by atoms with van der Waals surface area (Å²) in [4.78, 5) is 0. The summed E-state index contributed by atoms with van der Waals surface area (Å²) in [5.74, 6) is 0. The summed E-state index contributed by atoms with van der Waals surface area (Å²) in [6.45, 7) is 16.0. The number of hydrogen-bond donors (Lipinski definition) is 0. The monoisotopic (exact) mass is 465 g/mol. The molecule has 35 heavy (non-hydrogen) atoms. The zero-order valence-corrected chi connectivity index (χ0v) is 22.9. The topological polar surface area (TPSA) is 4.93 Å². The Morgan fingerprint density at radius 1 is 0.343 bits per heavy atom. The van der Waals surface area contributed by atoms with Crippen molar-refractivity contribution in [3.05, 3.63) is 115 Å². The van der Waals surface area contributed by atoms with Gasteiger partial charge in [0, 0.05) is 16.5 Å². The van der Waals surface area contributed by atoms with Gasteiger partial charge in [0.2, 0.25) is 0 Å². The minimum Gasteiger partial charge on any atom is -0.308 e. The van der Waals surface area contributed by atoms with Crippen molar-refractivity contribution in [2.45, 2.75) is 55.4 Å². The molecule has 1 heterocycles. The van der Waals surface area contributed by atoms with E-state index in [1.54, 1.807) is 0 Å². The molecule has 0 atom stereocenters. The Morgan fingerprint density at radius 3 is 0.971 bits per heavy atom. The molecule has 5 aromatic rings. The molecule has 0 aliphatic heterocycles. The van der Waals surface area contributed by atoms with E-state index >= 15 is 0 Å². The average molecular weight is 466 g/mol. The van der Waals surface area contributed by atoms with Crippen molar-refractivity contribution in [2.24, 2.45) is 0 Å². The van der Waals surface area contributed by atoms with Crippen molar-refractivity contribution in [1.82, 2.24) is 4.57 Å². The molecule has 0 bridgehead atoms. The van der Waals surface area contributed by atoms with Gasteiger partial charge >= 0.3 is 0 Å². The fraction of sp³-hybridized carbons (Fsp3) is 0.235. The summed E-state index contributed by atoms with van der Waals surface area (Å²) in [5.41, 5.74) is 6.08. The second kappa shape index (κ2) is 16.9. The predicted molar refractivity (Wildman–Crippen MR) is 160 cm³/mol. The van der Waals surface area contributed by atoms with Gasteiger partial charge in [-0.25, -0.2) is 0 Å².